The van der Waals surface area contributed by atoms with Gasteiger partial charge in [-0.1, -0.05) is 0 Å². The van der Waals surface area contributed by atoms with Crippen LogP contribution < -0.4 is 0 Å². The van der Waals surface area contributed by atoms with Crippen LogP contribution in [0.15, 0.2) is 0 Å². The molecule has 1 aliphatic heterocycles. The molecule has 0 aliphatic carbocycles. The van der Waals surface area contributed by atoms with Crippen molar-refractivity contribution in [3.05, 3.63) is 0 Å². The predicted molar refractivity (Wildman–Crippen MR) is 58.8 cm³/mol. The molecule has 4 N–H and O–H groups in total. The van der Waals surface area contributed by atoms with E-state index < -0.39 is 43.3 Å². The standard InChI is InChI=1S/C8H17AsO5S/c1-9(2)15-8-7(13)6(12)5(11)4(3-10)14-8/h4-8,10-13H,3H2,1-2H3. The Morgan fingerprint density at radius 3 is 2.20 bits per heavy atom. The molecule has 0 aromatic heterocycles. The van der Waals surface area contributed by atoms with Gasteiger partial charge in [-0.05, 0) is 0 Å². The van der Waals surface area contributed by atoms with Crippen LogP contribution in [0.2, 0.25) is 11.4 Å². The normalized spacial score (nSPS) is 42.2. The Morgan fingerprint density at radius 2 is 1.73 bits per heavy atom. The molecule has 7 heteroatoms. The second kappa shape index (κ2) is 5.87. The van der Waals surface area contributed by atoms with E-state index in [4.69, 9.17) is 9.84 Å². The predicted octanol–water partition coefficient (Wildman–Crippen LogP) is -1.23. The number of rotatable bonds is 3. The fourth-order valence-corrected chi connectivity index (χ4v) is 5.97. The molecule has 0 aromatic carbocycles. The molecule has 0 radical (unpaired) electrons. The molecule has 1 rings (SSSR count). The summed E-state index contributed by atoms with van der Waals surface area (Å²) in [7, 11) is 1.50. The monoisotopic (exact) mass is 300 g/mol. The van der Waals surface area contributed by atoms with E-state index in [0.29, 0.717) is 0 Å². The van der Waals surface area contributed by atoms with Crippen LogP contribution in [0.1, 0.15) is 0 Å². The van der Waals surface area contributed by atoms with E-state index in [1.807, 2.05) is 0 Å². The van der Waals surface area contributed by atoms with Crippen molar-refractivity contribution in [3.63, 3.8) is 0 Å². The molecule has 90 valence electrons. The first-order valence-corrected chi connectivity index (χ1v) is 11.5. The summed E-state index contributed by atoms with van der Waals surface area (Å²) >= 11 is -1.07. The summed E-state index contributed by atoms with van der Waals surface area (Å²) in [4.78, 5) is 0. The van der Waals surface area contributed by atoms with Gasteiger partial charge >= 0.3 is 96.6 Å². The van der Waals surface area contributed by atoms with Crippen LogP contribution >= 0.6 is 10.0 Å². The molecule has 1 fully saturated rings. The van der Waals surface area contributed by atoms with Gasteiger partial charge in [-0.25, -0.2) is 0 Å². The minimum atomic E-state index is -1.25. The Hall–Kier alpha value is 0.708. The van der Waals surface area contributed by atoms with Gasteiger partial charge in [0.05, 0.1) is 0 Å². The first-order chi connectivity index (χ1) is 6.97. The van der Waals surface area contributed by atoms with E-state index in [-0.39, 0.29) is 6.61 Å². The van der Waals surface area contributed by atoms with Crippen LogP contribution in [0.5, 0.6) is 0 Å². The van der Waals surface area contributed by atoms with Gasteiger partial charge < -0.3 is 0 Å². The molecular formula is C8H17AsO5S. The van der Waals surface area contributed by atoms with Crippen LogP contribution in [0, 0.1) is 0 Å². The topological polar surface area (TPSA) is 90.2 Å². The molecule has 5 unspecified atom stereocenters. The third-order valence-corrected chi connectivity index (χ3v) is 7.14. The SMILES string of the molecule is C[As](C)SC1OC(CO)C(O)C(O)C1O. The zero-order chi connectivity index (χ0) is 11.6. The third kappa shape index (κ3) is 3.33. The van der Waals surface area contributed by atoms with Gasteiger partial charge in [0.25, 0.3) is 0 Å². The Kier molecular flexibility index (Phi) is 5.39. The molecule has 1 aliphatic rings. The van der Waals surface area contributed by atoms with Gasteiger partial charge in [0.1, 0.15) is 0 Å². The van der Waals surface area contributed by atoms with Crippen LogP contribution in [0.25, 0.3) is 0 Å². The Bertz CT molecular complexity index is 203. The second-order valence-electron chi connectivity index (χ2n) is 3.62. The number of hydrogen-bond acceptors (Lipinski definition) is 6. The molecule has 15 heavy (non-hydrogen) atoms. The molecule has 0 bridgehead atoms. The van der Waals surface area contributed by atoms with Crippen LogP contribution in [0.4, 0.5) is 0 Å². The number of ether oxygens (including phenoxy) is 1. The maximum absolute atomic E-state index is 9.66. The molecular weight excluding hydrogens is 283 g/mol. The average molecular weight is 300 g/mol. The summed E-state index contributed by atoms with van der Waals surface area (Å²) in [6, 6.07) is 0. The van der Waals surface area contributed by atoms with E-state index in [9.17, 15) is 15.3 Å². The summed E-state index contributed by atoms with van der Waals surface area (Å²) in [6.07, 6.45) is -4.38. The zero-order valence-electron chi connectivity index (χ0n) is 8.65. The number of aliphatic hydroxyl groups is 4. The molecule has 0 aromatic rings. The van der Waals surface area contributed by atoms with Crippen molar-refractivity contribution >= 4 is 23.5 Å². The van der Waals surface area contributed by atoms with Gasteiger partial charge in [0.15, 0.2) is 0 Å². The minimum absolute atomic E-state index is 0.359. The van der Waals surface area contributed by atoms with Gasteiger partial charge in [0.2, 0.25) is 0 Å². The first-order valence-electron chi connectivity index (χ1n) is 4.62. The summed E-state index contributed by atoms with van der Waals surface area (Å²) in [5.74, 6) is 0. The number of aliphatic hydroxyl groups excluding tert-OH is 4. The second-order valence-corrected chi connectivity index (χ2v) is 12.8. The molecule has 0 amide bonds. The van der Waals surface area contributed by atoms with Crippen molar-refractivity contribution < 1.29 is 25.2 Å². The summed E-state index contributed by atoms with van der Waals surface area (Å²) < 4.78 is 5.33. The van der Waals surface area contributed by atoms with Crippen molar-refractivity contribution in [1.29, 1.82) is 0 Å². The van der Waals surface area contributed by atoms with Crippen LogP contribution in [-0.4, -0.2) is 70.4 Å². The molecule has 1 saturated heterocycles. The Morgan fingerprint density at radius 1 is 1.13 bits per heavy atom. The van der Waals surface area contributed by atoms with E-state index in [1.165, 1.54) is 10.0 Å². The van der Waals surface area contributed by atoms with Gasteiger partial charge in [-0.3, -0.25) is 0 Å². The van der Waals surface area contributed by atoms with Gasteiger partial charge in [0, 0.05) is 0 Å². The molecule has 0 spiro atoms. The van der Waals surface area contributed by atoms with Crippen molar-refractivity contribution in [2.24, 2.45) is 0 Å². The van der Waals surface area contributed by atoms with Crippen molar-refractivity contribution in [2.75, 3.05) is 6.61 Å². The van der Waals surface area contributed by atoms with Crippen molar-refractivity contribution in [1.82, 2.24) is 0 Å². The number of hydrogen-bond donors (Lipinski definition) is 4. The fraction of sp³-hybridized carbons (Fsp3) is 1.00. The van der Waals surface area contributed by atoms with Gasteiger partial charge in [-0.15, -0.1) is 0 Å². The van der Waals surface area contributed by atoms with Crippen molar-refractivity contribution in [3.8, 4) is 0 Å². The summed E-state index contributed by atoms with van der Waals surface area (Å²) in [5, 5.41) is 37.6. The van der Waals surface area contributed by atoms with Crippen molar-refractivity contribution in [2.45, 2.75) is 41.3 Å². The fourth-order valence-electron chi connectivity index (χ4n) is 1.36. The summed E-state index contributed by atoms with van der Waals surface area (Å²) in [5.41, 5.74) is 3.62. The first kappa shape index (κ1) is 13.8. The maximum atomic E-state index is 9.66. The van der Waals surface area contributed by atoms with E-state index >= 15 is 0 Å². The van der Waals surface area contributed by atoms with E-state index in [2.05, 4.69) is 11.4 Å². The quantitative estimate of drug-likeness (QED) is 0.488. The Labute approximate surface area is 96.7 Å². The molecule has 5 nitrogen and oxygen atoms in total. The van der Waals surface area contributed by atoms with Crippen LogP contribution in [-0.2, 0) is 4.74 Å². The van der Waals surface area contributed by atoms with Gasteiger partial charge in [-0.2, -0.15) is 0 Å². The third-order valence-electron chi connectivity index (χ3n) is 2.16. The molecule has 1 heterocycles. The molecule has 5 atom stereocenters. The summed E-state index contributed by atoms with van der Waals surface area (Å²) in [6.45, 7) is -0.359. The van der Waals surface area contributed by atoms with Crippen LogP contribution in [0.3, 0.4) is 0 Å². The average Bonchev–Trinajstić information content (AvgIpc) is 2.18. The zero-order valence-corrected chi connectivity index (χ0v) is 11.3. The Balaban J connectivity index is 2.65. The molecule has 0 saturated carbocycles. The van der Waals surface area contributed by atoms with E-state index in [0.717, 1.165) is 0 Å². The van der Waals surface area contributed by atoms with E-state index in [1.54, 1.807) is 0 Å².